The van der Waals surface area contributed by atoms with Crippen LogP contribution in [0, 0.1) is 5.82 Å². The number of alkyl halides is 6. The first-order chi connectivity index (χ1) is 30.6. The number of hydrogen-bond donors (Lipinski definition) is 1. The quantitative estimate of drug-likeness (QED) is 0.0969. The Bertz CT molecular complexity index is 2940. The second kappa shape index (κ2) is 16.9. The highest BCUT2D eigenvalue weighted by Crippen LogP contribution is 2.43. The second-order valence-corrected chi connectivity index (χ2v) is 14.6. The van der Waals surface area contributed by atoms with Crippen LogP contribution in [0.5, 0.6) is 11.5 Å². The summed E-state index contributed by atoms with van der Waals surface area (Å²) >= 11 is 0. The second-order valence-electron chi connectivity index (χ2n) is 14.6. The lowest BCUT2D eigenvalue weighted by Gasteiger charge is -2.35. The third-order valence-electron chi connectivity index (χ3n) is 10.7. The number of amides is 1. The highest BCUT2D eigenvalue weighted by atomic mass is 19.4. The van der Waals surface area contributed by atoms with Crippen LogP contribution in [-0.4, -0.2) is 36.9 Å². The number of carbonyl (C=O) groups excluding carboxylic acids is 1. The molecular formula is C47H35F7N6O4. The van der Waals surface area contributed by atoms with Gasteiger partial charge in [0.15, 0.2) is 23.1 Å². The highest BCUT2D eigenvalue weighted by Gasteiger charge is 2.40. The van der Waals surface area contributed by atoms with E-state index >= 15 is 4.39 Å². The Hall–Kier alpha value is -7.69. The summed E-state index contributed by atoms with van der Waals surface area (Å²) in [7, 11) is 2.46. The van der Waals surface area contributed by atoms with Crippen LogP contribution in [0.15, 0.2) is 151 Å². The molecule has 10 nitrogen and oxygen atoms in total. The zero-order valence-electron chi connectivity index (χ0n) is 33.8. The standard InChI is InChI=1S/C47H35F7N6O4/c1-58-42-36(24-34(47(52,53)54)25-38(42)59(44(58)62)26-41(61)56-35-20-12-19-33(23-35)46(49,50)51)29-21-37(48)43(39(22-29)63-2)64-27-40-55-28-60(57-40)45(30-13-6-3-7-14-30,31-15-8-4-9-16-31)32-17-10-5-11-18-32/h3-25,28H,26-27H2,1-2H3,(H,56,61). The van der Waals surface area contributed by atoms with E-state index < -0.39 is 58.7 Å². The molecule has 326 valence electrons. The van der Waals surface area contributed by atoms with Gasteiger partial charge in [0, 0.05) is 18.3 Å². The molecule has 2 heterocycles. The number of rotatable bonds is 12. The number of nitrogens with zero attached hydrogens (tertiary/aromatic N) is 5. The summed E-state index contributed by atoms with van der Waals surface area (Å²) in [6.07, 6.45) is -8.14. The molecule has 1 N–H and O–H groups in total. The van der Waals surface area contributed by atoms with Gasteiger partial charge in [-0.3, -0.25) is 13.9 Å². The van der Waals surface area contributed by atoms with Gasteiger partial charge in [-0.25, -0.2) is 18.9 Å². The molecule has 0 radical (unpaired) electrons. The molecule has 0 aliphatic rings. The Kier molecular flexibility index (Phi) is 11.3. The number of hydrogen-bond acceptors (Lipinski definition) is 6. The van der Waals surface area contributed by atoms with Gasteiger partial charge < -0.3 is 14.8 Å². The average Bonchev–Trinajstić information content (AvgIpc) is 3.85. The maximum atomic E-state index is 16.3. The summed E-state index contributed by atoms with van der Waals surface area (Å²) in [5.41, 5.74) is -2.66. The van der Waals surface area contributed by atoms with Crippen LogP contribution < -0.4 is 20.5 Å². The first kappa shape index (κ1) is 43.0. The minimum Gasteiger partial charge on any atom is -0.493 e. The monoisotopic (exact) mass is 880 g/mol. The minimum atomic E-state index is -4.97. The number of halogens is 7. The van der Waals surface area contributed by atoms with Gasteiger partial charge >= 0.3 is 18.0 Å². The number of fused-ring (bicyclic) bond motifs is 1. The SMILES string of the molecule is COc1cc(-c2cc(C(F)(F)F)cc3c2n(C)c(=O)n3CC(=O)Nc2cccc(C(F)(F)F)c2)cc(F)c1OCc1ncn(C(c2ccccc2)(c2ccccc2)c2ccccc2)n1. The van der Waals surface area contributed by atoms with E-state index in [0.717, 1.165) is 50.1 Å². The average molecular weight is 881 g/mol. The Morgan fingerprint density at radius 3 is 1.86 bits per heavy atom. The fourth-order valence-electron chi connectivity index (χ4n) is 7.82. The Morgan fingerprint density at radius 1 is 0.719 bits per heavy atom. The van der Waals surface area contributed by atoms with E-state index in [4.69, 9.17) is 14.6 Å². The van der Waals surface area contributed by atoms with Crippen LogP contribution in [0.25, 0.3) is 22.2 Å². The number of benzene rings is 6. The summed E-state index contributed by atoms with van der Waals surface area (Å²) in [6, 6.07) is 36.4. The number of aromatic nitrogens is 5. The smallest absolute Gasteiger partial charge is 0.416 e. The molecule has 0 spiro atoms. The molecule has 6 aromatic carbocycles. The number of imidazole rings is 1. The zero-order valence-corrected chi connectivity index (χ0v) is 33.8. The number of methoxy groups -OCH3 is 1. The van der Waals surface area contributed by atoms with E-state index in [1.807, 2.05) is 91.0 Å². The largest absolute Gasteiger partial charge is 0.493 e. The topological polar surface area (TPSA) is 105 Å². The number of anilines is 1. The third kappa shape index (κ3) is 8.07. The molecule has 8 aromatic rings. The Balaban J connectivity index is 1.14. The molecule has 2 aromatic heterocycles. The van der Waals surface area contributed by atoms with Crippen molar-refractivity contribution in [2.45, 2.75) is 31.0 Å². The van der Waals surface area contributed by atoms with Crippen molar-refractivity contribution in [3.63, 3.8) is 0 Å². The molecule has 1 amide bonds. The van der Waals surface area contributed by atoms with E-state index in [2.05, 4.69) is 10.3 Å². The van der Waals surface area contributed by atoms with Gasteiger partial charge in [0.1, 0.15) is 25.0 Å². The van der Waals surface area contributed by atoms with Crippen LogP contribution in [0.1, 0.15) is 33.6 Å². The lowest BCUT2D eigenvalue weighted by molar-refractivity contribution is -0.138. The molecule has 17 heteroatoms. The molecule has 0 atom stereocenters. The van der Waals surface area contributed by atoms with E-state index in [1.165, 1.54) is 26.3 Å². The van der Waals surface area contributed by atoms with Gasteiger partial charge in [-0.05, 0) is 64.7 Å². The van der Waals surface area contributed by atoms with Crippen molar-refractivity contribution in [1.29, 1.82) is 0 Å². The van der Waals surface area contributed by atoms with Crippen molar-refractivity contribution in [3.8, 4) is 22.6 Å². The summed E-state index contributed by atoms with van der Waals surface area (Å²) in [4.78, 5) is 31.2. The summed E-state index contributed by atoms with van der Waals surface area (Å²) in [5.74, 6) is -2.48. The molecular weight excluding hydrogens is 846 g/mol. The molecule has 0 aliphatic carbocycles. The van der Waals surface area contributed by atoms with Gasteiger partial charge in [0.05, 0.1) is 29.3 Å². The van der Waals surface area contributed by atoms with Gasteiger partial charge in [-0.1, -0.05) is 97.1 Å². The van der Waals surface area contributed by atoms with Gasteiger partial charge in [-0.2, -0.15) is 31.4 Å². The maximum absolute atomic E-state index is 16.3. The van der Waals surface area contributed by atoms with Crippen LogP contribution >= 0.6 is 0 Å². The molecule has 64 heavy (non-hydrogen) atoms. The summed E-state index contributed by atoms with van der Waals surface area (Å²) in [5, 5.41) is 7.08. The van der Waals surface area contributed by atoms with Gasteiger partial charge in [-0.15, -0.1) is 0 Å². The highest BCUT2D eigenvalue weighted by molar-refractivity contribution is 5.96. The predicted molar refractivity (Wildman–Crippen MR) is 223 cm³/mol. The van der Waals surface area contributed by atoms with Crippen LogP contribution in [0.4, 0.5) is 36.4 Å². The van der Waals surface area contributed by atoms with Crippen molar-refractivity contribution in [2.75, 3.05) is 12.4 Å². The fraction of sp³-hybridized carbons (Fsp3) is 0.149. The van der Waals surface area contributed by atoms with Crippen molar-refractivity contribution >= 4 is 22.6 Å². The number of nitrogens with one attached hydrogen (secondary N) is 1. The summed E-state index contributed by atoms with van der Waals surface area (Å²) < 4.78 is 114. The van der Waals surface area contributed by atoms with Crippen LogP contribution in [0.3, 0.4) is 0 Å². The maximum Gasteiger partial charge on any atom is 0.416 e. The zero-order chi connectivity index (χ0) is 45.4. The molecule has 8 rings (SSSR count). The van der Waals surface area contributed by atoms with Crippen LogP contribution in [0.2, 0.25) is 0 Å². The number of ether oxygens (including phenoxy) is 2. The number of carbonyl (C=O) groups is 1. The summed E-state index contributed by atoms with van der Waals surface area (Å²) in [6.45, 7) is -1.23. The molecule has 0 fully saturated rings. The van der Waals surface area contributed by atoms with E-state index in [0.29, 0.717) is 12.1 Å². The Labute approximate surface area is 359 Å². The van der Waals surface area contributed by atoms with Crippen molar-refractivity contribution in [3.05, 3.63) is 196 Å². The lowest BCUT2D eigenvalue weighted by Crippen LogP contribution is -2.38. The first-order valence-electron chi connectivity index (χ1n) is 19.5. The lowest BCUT2D eigenvalue weighted by atomic mass is 9.77. The van der Waals surface area contributed by atoms with E-state index in [9.17, 15) is 35.9 Å². The minimum absolute atomic E-state index is 0.103. The van der Waals surface area contributed by atoms with Crippen LogP contribution in [-0.2, 0) is 42.9 Å². The van der Waals surface area contributed by atoms with Gasteiger partial charge in [0.25, 0.3) is 0 Å². The third-order valence-corrected chi connectivity index (χ3v) is 10.7. The molecule has 0 saturated heterocycles. The predicted octanol–water partition coefficient (Wildman–Crippen LogP) is 9.84. The molecule has 0 unspecified atom stereocenters. The van der Waals surface area contributed by atoms with E-state index in [1.54, 1.807) is 11.0 Å². The van der Waals surface area contributed by atoms with Crippen molar-refractivity contribution < 1.29 is 45.0 Å². The van der Waals surface area contributed by atoms with Crippen molar-refractivity contribution in [2.24, 2.45) is 7.05 Å². The van der Waals surface area contributed by atoms with Crippen molar-refractivity contribution in [1.82, 2.24) is 23.9 Å². The Morgan fingerprint density at radius 2 is 1.30 bits per heavy atom. The molecule has 0 bridgehead atoms. The molecule has 0 aliphatic heterocycles. The van der Waals surface area contributed by atoms with E-state index in [-0.39, 0.29) is 46.0 Å². The normalized spacial score (nSPS) is 12.1. The molecule has 0 saturated carbocycles. The first-order valence-corrected chi connectivity index (χ1v) is 19.5. The number of aryl methyl sites for hydroxylation is 1. The van der Waals surface area contributed by atoms with Gasteiger partial charge in [0.2, 0.25) is 5.91 Å². The fourth-order valence-corrected chi connectivity index (χ4v) is 7.82.